The van der Waals surface area contributed by atoms with E-state index in [1.807, 2.05) is 20.9 Å². The number of rotatable bonds is 7. The lowest BCUT2D eigenvalue weighted by Crippen LogP contribution is -3.09. The summed E-state index contributed by atoms with van der Waals surface area (Å²) in [5.41, 5.74) is 4.80. The molecular weight excluding hydrogens is 320 g/mol. The number of nitrogens with one attached hydrogen (secondary N) is 2. The van der Waals surface area contributed by atoms with Crippen molar-refractivity contribution in [1.29, 1.82) is 0 Å². The summed E-state index contributed by atoms with van der Waals surface area (Å²) in [6.07, 6.45) is 0. The molecule has 0 aliphatic rings. The van der Waals surface area contributed by atoms with Crippen molar-refractivity contribution in [3.8, 4) is 11.3 Å². The van der Waals surface area contributed by atoms with E-state index >= 15 is 0 Å². The highest BCUT2D eigenvalue weighted by atomic mass is 32.1. The molecule has 1 atom stereocenters. The van der Waals surface area contributed by atoms with Crippen LogP contribution in [-0.2, 0) is 17.9 Å². The van der Waals surface area contributed by atoms with Gasteiger partial charge in [0.2, 0.25) is 0 Å². The number of nitrogens with zero attached hydrogens (tertiary/aromatic N) is 2. The van der Waals surface area contributed by atoms with E-state index in [-0.39, 0.29) is 11.9 Å². The third-order valence-electron chi connectivity index (χ3n) is 4.08. The van der Waals surface area contributed by atoms with Gasteiger partial charge in [-0.3, -0.25) is 4.79 Å². The van der Waals surface area contributed by atoms with Crippen LogP contribution < -0.4 is 10.2 Å². The molecule has 2 aromatic rings. The Labute approximate surface area is 148 Å². The van der Waals surface area contributed by atoms with Gasteiger partial charge in [-0.25, -0.2) is 4.98 Å². The maximum absolute atomic E-state index is 11.8. The van der Waals surface area contributed by atoms with Crippen LogP contribution >= 0.6 is 11.3 Å². The van der Waals surface area contributed by atoms with Crippen LogP contribution in [0.1, 0.15) is 37.2 Å². The summed E-state index contributed by atoms with van der Waals surface area (Å²) in [6, 6.07) is 2.40. The minimum atomic E-state index is 0.0887. The zero-order valence-corrected chi connectivity index (χ0v) is 16.4. The number of aromatic nitrogens is 2. The van der Waals surface area contributed by atoms with Gasteiger partial charge >= 0.3 is 0 Å². The Morgan fingerprint density at radius 3 is 2.71 bits per heavy atom. The van der Waals surface area contributed by atoms with Gasteiger partial charge in [-0.2, -0.15) is 0 Å². The molecule has 0 spiro atoms. The molecule has 2 heterocycles. The average molecular weight is 350 g/mol. The average Bonchev–Trinajstić information content (AvgIpc) is 3.02. The molecule has 5 nitrogen and oxygen atoms in total. The van der Waals surface area contributed by atoms with Crippen molar-refractivity contribution in [3.63, 3.8) is 0 Å². The van der Waals surface area contributed by atoms with E-state index in [9.17, 15) is 4.79 Å². The lowest BCUT2D eigenvalue weighted by molar-refractivity contribution is -0.885. The predicted molar refractivity (Wildman–Crippen MR) is 99.4 cm³/mol. The van der Waals surface area contributed by atoms with E-state index in [1.165, 1.54) is 17.0 Å². The lowest BCUT2D eigenvalue weighted by atomic mass is 10.2. The van der Waals surface area contributed by atoms with Crippen LogP contribution in [0.2, 0.25) is 0 Å². The van der Waals surface area contributed by atoms with E-state index in [0.29, 0.717) is 6.54 Å². The Hall–Kier alpha value is -1.66. The molecule has 0 radical (unpaired) electrons. The van der Waals surface area contributed by atoms with Crippen LogP contribution in [0.5, 0.6) is 0 Å². The van der Waals surface area contributed by atoms with Crippen molar-refractivity contribution in [2.75, 3.05) is 13.6 Å². The second-order valence-electron chi connectivity index (χ2n) is 6.69. The third-order valence-corrected chi connectivity index (χ3v) is 4.93. The van der Waals surface area contributed by atoms with Crippen LogP contribution in [0.15, 0.2) is 11.4 Å². The molecule has 6 heteroatoms. The minimum absolute atomic E-state index is 0.0887. The number of aryl methyl sites for hydroxylation is 1. The van der Waals surface area contributed by atoms with Gasteiger partial charge in [-0.15, -0.1) is 11.3 Å². The summed E-state index contributed by atoms with van der Waals surface area (Å²) in [7, 11) is 2.03. The second kappa shape index (κ2) is 7.94. The summed E-state index contributed by atoms with van der Waals surface area (Å²) in [5, 5.41) is 6.13. The number of carbonyl (C=O) groups excluding carboxylic acids is 1. The Kier molecular flexibility index (Phi) is 6.18. The van der Waals surface area contributed by atoms with E-state index in [0.717, 1.165) is 28.7 Å². The van der Waals surface area contributed by atoms with Gasteiger partial charge < -0.3 is 14.8 Å². The van der Waals surface area contributed by atoms with Crippen molar-refractivity contribution >= 4 is 17.2 Å². The fraction of sp³-hybridized carbons (Fsp3) is 0.556. The van der Waals surface area contributed by atoms with Crippen molar-refractivity contribution in [2.24, 2.45) is 0 Å². The molecule has 0 saturated heterocycles. The number of likely N-dealkylation sites (N-methyl/N-ethyl adjacent to an activating group) is 1. The van der Waals surface area contributed by atoms with Gasteiger partial charge in [0.15, 0.2) is 6.54 Å². The summed E-state index contributed by atoms with van der Waals surface area (Å²) in [5.74, 6) is 0.0887. The molecule has 132 valence electrons. The van der Waals surface area contributed by atoms with Gasteiger partial charge in [-0.1, -0.05) is 0 Å². The topological polar surface area (TPSA) is 51.4 Å². The number of hydrogen-bond acceptors (Lipinski definition) is 3. The van der Waals surface area contributed by atoms with Crippen molar-refractivity contribution < 1.29 is 9.69 Å². The first kappa shape index (κ1) is 18.7. The summed E-state index contributed by atoms with van der Waals surface area (Å²) in [4.78, 5) is 17.8. The predicted octanol–water partition coefficient (Wildman–Crippen LogP) is 1.79. The number of hydrogen-bond donors (Lipinski definition) is 2. The zero-order valence-electron chi connectivity index (χ0n) is 15.6. The summed E-state index contributed by atoms with van der Waals surface area (Å²) < 4.78 is 2.31. The Bertz CT molecular complexity index is 702. The normalized spacial score (nSPS) is 12.6. The molecule has 0 saturated carbocycles. The molecule has 0 bridgehead atoms. The molecule has 2 N–H and O–H groups in total. The van der Waals surface area contributed by atoms with Crippen molar-refractivity contribution in [2.45, 2.75) is 53.8 Å². The number of carbonyl (C=O) groups is 1. The number of amides is 1. The van der Waals surface area contributed by atoms with E-state index in [1.54, 1.807) is 11.3 Å². The molecule has 0 aromatic carbocycles. The van der Waals surface area contributed by atoms with Crippen molar-refractivity contribution in [1.82, 2.24) is 14.9 Å². The van der Waals surface area contributed by atoms with Gasteiger partial charge in [0.05, 0.1) is 12.7 Å². The van der Waals surface area contributed by atoms with Crippen LogP contribution in [0.3, 0.4) is 0 Å². The van der Waals surface area contributed by atoms with Crippen LogP contribution in [0, 0.1) is 13.8 Å². The molecule has 1 amide bonds. The molecule has 24 heavy (non-hydrogen) atoms. The quantitative estimate of drug-likeness (QED) is 0.801. The van der Waals surface area contributed by atoms with Crippen LogP contribution in [0.25, 0.3) is 11.3 Å². The molecule has 0 aliphatic carbocycles. The summed E-state index contributed by atoms with van der Waals surface area (Å²) in [6.45, 7) is 12.6. The maximum Gasteiger partial charge on any atom is 0.275 e. The SMILES string of the molecule is CCn1c(C)cc(-c2csc(C[NH+](C)CC(=O)NC(C)C)n2)c1C. The van der Waals surface area contributed by atoms with Gasteiger partial charge in [0.25, 0.3) is 5.91 Å². The highest BCUT2D eigenvalue weighted by Gasteiger charge is 2.16. The first-order valence-electron chi connectivity index (χ1n) is 8.54. The largest absolute Gasteiger partial charge is 0.349 e. The molecular formula is C18H29N4OS+. The first-order valence-corrected chi connectivity index (χ1v) is 9.41. The fourth-order valence-corrected chi connectivity index (χ4v) is 3.94. The van der Waals surface area contributed by atoms with Gasteiger partial charge in [-0.05, 0) is 40.7 Å². The Morgan fingerprint density at radius 2 is 2.12 bits per heavy atom. The van der Waals surface area contributed by atoms with Crippen molar-refractivity contribution in [3.05, 3.63) is 27.8 Å². The van der Waals surface area contributed by atoms with E-state index < -0.39 is 0 Å². The standard InChI is InChI=1S/C18H28N4OS/c1-7-22-13(4)8-15(14(22)5)16-11-24-18(20-16)10-21(6)9-17(23)19-12(2)3/h8,11-12H,7,9-10H2,1-6H3,(H,19,23)/p+1. The fourth-order valence-electron chi connectivity index (χ4n) is 3.03. The Balaban J connectivity index is 2.04. The van der Waals surface area contributed by atoms with E-state index in [2.05, 4.69) is 42.1 Å². The van der Waals surface area contributed by atoms with Crippen LogP contribution in [-0.4, -0.2) is 35.1 Å². The molecule has 1 unspecified atom stereocenters. The Morgan fingerprint density at radius 1 is 1.42 bits per heavy atom. The van der Waals surface area contributed by atoms with Gasteiger partial charge in [0.1, 0.15) is 11.6 Å². The highest BCUT2D eigenvalue weighted by molar-refractivity contribution is 7.09. The minimum Gasteiger partial charge on any atom is -0.349 e. The highest BCUT2D eigenvalue weighted by Crippen LogP contribution is 2.27. The lowest BCUT2D eigenvalue weighted by Gasteiger charge is -2.13. The third kappa shape index (κ3) is 4.45. The monoisotopic (exact) mass is 349 g/mol. The molecule has 2 aromatic heterocycles. The zero-order chi connectivity index (χ0) is 17.9. The summed E-state index contributed by atoms with van der Waals surface area (Å²) >= 11 is 1.67. The maximum atomic E-state index is 11.8. The van der Waals surface area contributed by atoms with E-state index in [4.69, 9.17) is 4.98 Å². The number of quaternary nitrogens is 1. The molecule has 2 rings (SSSR count). The molecule has 0 aliphatic heterocycles. The second-order valence-corrected chi connectivity index (χ2v) is 7.63. The molecule has 0 fully saturated rings. The van der Waals surface area contributed by atoms with Gasteiger partial charge in [0, 0.05) is 34.9 Å². The smallest absolute Gasteiger partial charge is 0.275 e. The first-order chi connectivity index (χ1) is 11.3. The number of thiazole rings is 1. The van der Waals surface area contributed by atoms with Crippen LogP contribution in [0.4, 0.5) is 0 Å².